The van der Waals surface area contributed by atoms with Crippen molar-refractivity contribution in [3.63, 3.8) is 0 Å². The van der Waals surface area contributed by atoms with Crippen LogP contribution in [0.15, 0.2) is 97.2 Å². The molecule has 0 aliphatic rings. The third-order valence-corrected chi connectivity index (χ3v) is 4.64. The first-order valence-electron chi connectivity index (χ1n) is 10.1. The lowest BCUT2D eigenvalue weighted by Gasteiger charge is -2.10. The van der Waals surface area contributed by atoms with Crippen LogP contribution in [-0.4, -0.2) is 18.0 Å². The Morgan fingerprint density at radius 1 is 0.844 bits per heavy atom. The molecule has 4 aromatic rings. The lowest BCUT2D eigenvalue weighted by atomic mass is 10.2. The van der Waals surface area contributed by atoms with Crippen LogP contribution in [0.4, 0.5) is 5.69 Å². The Morgan fingerprint density at radius 2 is 1.56 bits per heavy atom. The van der Waals surface area contributed by atoms with Crippen LogP contribution >= 0.6 is 0 Å². The van der Waals surface area contributed by atoms with Gasteiger partial charge in [0.1, 0.15) is 12.4 Å². The van der Waals surface area contributed by atoms with E-state index in [2.05, 4.69) is 10.3 Å². The van der Waals surface area contributed by atoms with Gasteiger partial charge in [0.05, 0.1) is 19.0 Å². The number of benzene rings is 3. The highest BCUT2D eigenvalue weighted by Crippen LogP contribution is 2.30. The van der Waals surface area contributed by atoms with Crippen molar-refractivity contribution < 1.29 is 19.0 Å². The first-order chi connectivity index (χ1) is 15.7. The Bertz CT molecular complexity index is 1160. The number of nitrogens with zero attached hydrogens (tertiary/aromatic N) is 1. The molecule has 0 atom stereocenters. The summed E-state index contributed by atoms with van der Waals surface area (Å²) in [5.74, 6) is 2.04. The Morgan fingerprint density at radius 3 is 2.25 bits per heavy atom. The van der Waals surface area contributed by atoms with Crippen molar-refractivity contribution in [3.8, 4) is 23.1 Å². The van der Waals surface area contributed by atoms with Crippen LogP contribution in [0.2, 0.25) is 0 Å². The normalized spacial score (nSPS) is 10.3. The van der Waals surface area contributed by atoms with Crippen molar-refractivity contribution in [1.82, 2.24) is 4.98 Å². The molecule has 0 spiro atoms. The maximum absolute atomic E-state index is 12.5. The summed E-state index contributed by atoms with van der Waals surface area (Å²) in [7, 11) is 1.58. The summed E-state index contributed by atoms with van der Waals surface area (Å²) in [4.78, 5) is 16.8. The van der Waals surface area contributed by atoms with Gasteiger partial charge >= 0.3 is 0 Å². The largest absolute Gasteiger partial charge is 0.493 e. The Labute approximate surface area is 186 Å². The summed E-state index contributed by atoms with van der Waals surface area (Å²) in [6, 6.07) is 27.6. The first-order valence-corrected chi connectivity index (χ1v) is 10.1. The average Bonchev–Trinajstić information content (AvgIpc) is 2.85. The summed E-state index contributed by atoms with van der Waals surface area (Å²) in [6.07, 6.45) is 1.54. The zero-order valence-corrected chi connectivity index (χ0v) is 17.5. The van der Waals surface area contributed by atoms with E-state index in [-0.39, 0.29) is 5.91 Å². The molecular formula is C26H22N2O4. The number of anilines is 1. The number of ether oxygens (including phenoxy) is 3. The van der Waals surface area contributed by atoms with Gasteiger partial charge in [0.2, 0.25) is 5.88 Å². The number of hydrogen-bond donors (Lipinski definition) is 1. The molecule has 0 saturated heterocycles. The summed E-state index contributed by atoms with van der Waals surface area (Å²) in [6.45, 7) is 0.474. The number of carbonyl (C=O) groups excluding carboxylic acids is 1. The lowest BCUT2D eigenvalue weighted by Crippen LogP contribution is -2.12. The molecular weight excluding hydrogens is 404 g/mol. The van der Waals surface area contributed by atoms with E-state index < -0.39 is 0 Å². The molecule has 160 valence electrons. The second-order valence-electron chi connectivity index (χ2n) is 6.89. The van der Waals surface area contributed by atoms with E-state index in [1.165, 1.54) is 0 Å². The zero-order chi connectivity index (χ0) is 22.2. The fourth-order valence-corrected chi connectivity index (χ4v) is 2.98. The maximum Gasteiger partial charge on any atom is 0.255 e. The topological polar surface area (TPSA) is 69.7 Å². The van der Waals surface area contributed by atoms with E-state index in [9.17, 15) is 4.79 Å². The first kappa shape index (κ1) is 20.9. The number of para-hydroxylation sites is 2. The number of aromatic nitrogens is 1. The SMILES string of the molecule is COc1ccccc1Oc1ccc(NC(=O)c2ccc(OCc3ccccc3)cc2)cn1. The predicted molar refractivity (Wildman–Crippen MR) is 122 cm³/mol. The Kier molecular flexibility index (Phi) is 6.63. The summed E-state index contributed by atoms with van der Waals surface area (Å²) in [5.41, 5.74) is 2.16. The number of rotatable bonds is 8. The molecule has 0 fully saturated rings. The quantitative estimate of drug-likeness (QED) is 0.391. The molecule has 0 bridgehead atoms. The van der Waals surface area contributed by atoms with E-state index >= 15 is 0 Å². The highest BCUT2D eigenvalue weighted by atomic mass is 16.5. The highest BCUT2D eigenvalue weighted by Gasteiger charge is 2.09. The van der Waals surface area contributed by atoms with Crippen molar-refractivity contribution in [1.29, 1.82) is 0 Å². The fraction of sp³-hybridized carbons (Fsp3) is 0.0769. The van der Waals surface area contributed by atoms with Crippen LogP contribution in [0, 0.1) is 0 Å². The summed E-state index contributed by atoms with van der Waals surface area (Å²) >= 11 is 0. The smallest absolute Gasteiger partial charge is 0.255 e. The van der Waals surface area contributed by atoms with E-state index in [0.717, 1.165) is 5.56 Å². The minimum atomic E-state index is -0.236. The highest BCUT2D eigenvalue weighted by molar-refractivity contribution is 6.04. The van der Waals surface area contributed by atoms with E-state index in [1.54, 1.807) is 55.8 Å². The number of nitrogens with one attached hydrogen (secondary N) is 1. The van der Waals surface area contributed by atoms with Gasteiger partial charge in [-0.25, -0.2) is 4.98 Å². The number of hydrogen-bond acceptors (Lipinski definition) is 5. The fourth-order valence-electron chi connectivity index (χ4n) is 2.98. The van der Waals surface area contributed by atoms with Gasteiger partial charge in [-0.15, -0.1) is 0 Å². The molecule has 1 heterocycles. The van der Waals surface area contributed by atoms with Gasteiger partial charge in [0, 0.05) is 11.6 Å². The molecule has 1 aromatic heterocycles. The number of carbonyl (C=O) groups is 1. The van der Waals surface area contributed by atoms with Crippen molar-refractivity contribution >= 4 is 11.6 Å². The van der Waals surface area contributed by atoms with E-state index in [0.29, 0.717) is 41.0 Å². The second kappa shape index (κ2) is 10.1. The number of pyridine rings is 1. The third-order valence-electron chi connectivity index (χ3n) is 4.64. The Balaban J connectivity index is 1.33. The van der Waals surface area contributed by atoms with Crippen LogP contribution in [-0.2, 0) is 6.61 Å². The maximum atomic E-state index is 12.5. The zero-order valence-electron chi connectivity index (χ0n) is 17.5. The van der Waals surface area contributed by atoms with Crippen molar-refractivity contribution in [2.45, 2.75) is 6.61 Å². The van der Waals surface area contributed by atoms with Gasteiger partial charge in [-0.1, -0.05) is 42.5 Å². The molecule has 3 aromatic carbocycles. The Hall–Kier alpha value is -4.32. The number of methoxy groups -OCH3 is 1. The van der Waals surface area contributed by atoms with Crippen molar-refractivity contribution in [3.05, 3.63) is 108 Å². The van der Waals surface area contributed by atoms with Gasteiger partial charge < -0.3 is 19.5 Å². The summed E-state index contributed by atoms with van der Waals surface area (Å²) < 4.78 is 16.8. The standard InChI is InChI=1S/C26H22N2O4/c1-30-23-9-5-6-10-24(23)32-25-16-13-21(17-27-25)28-26(29)20-11-14-22(15-12-20)31-18-19-7-3-2-4-8-19/h2-17H,18H2,1H3,(H,28,29). The monoisotopic (exact) mass is 426 g/mol. The third kappa shape index (κ3) is 5.43. The van der Waals surface area contributed by atoms with Gasteiger partial charge in [-0.05, 0) is 48.0 Å². The molecule has 6 heteroatoms. The summed E-state index contributed by atoms with van der Waals surface area (Å²) in [5, 5.41) is 2.83. The van der Waals surface area contributed by atoms with Crippen LogP contribution in [0.1, 0.15) is 15.9 Å². The van der Waals surface area contributed by atoms with Crippen molar-refractivity contribution in [2.24, 2.45) is 0 Å². The molecule has 0 aliphatic heterocycles. The molecule has 1 N–H and O–H groups in total. The second-order valence-corrected chi connectivity index (χ2v) is 6.89. The molecule has 32 heavy (non-hydrogen) atoms. The molecule has 0 aliphatic carbocycles. The van der Waals surface area contributed by atoms with Gasteiger partial charge in [-0.2, -0.15) is 0 Å². The van der Waals surface area contributed by atoms with E-state index in [4.69, 9.17) is 14.2 Å². The minimum Gasteiger partial charge on any atom is -0.493 e. The van der Waals surface area contributed by atoms with E-state index in [1.807, 2.05) is 48.5 Å². The van der Waals surface area contributed by atoms with Crippen LogP contribution in [0.3, 0.4) is 0 Å². The molecule has 4 rings (SSSR count). The molecule has 0 radical (unpaired) electrons. The number of amides is 1. The molecule has 0 unspecified atom stereocenters. The van der Waals surface area contributed by atoms with Gasteiger partial charge in [0.15, 0.2) is 11.5 Å². The molecule has 0 saturated carbocycles. The van der Waals surface area contributed by atoms with Crippen LogP contribution in [0.5, 0.6) is 23.1 Å². The lowest BCUT2D eigenvalue weighted by molar-refractivity contribution is 0.102. The van der Waals surface area contributed by atoms with Gasteiger partial charge in [0.25, 0.3) is 5.91 Å². The van der Waals surface area contributed by atoms with Crippen LogP contribution < -0.4 is 19.5 Å². The van der Waals surface area contributed by atoms with Crippen molar-refractivity contribution in [2.75, 3.05) is 12.4 Å². The van der Waals surface area contributed by atoms with Gasteiger partial charge in [-0.3, -0.25) is 4.79 Å². The van der Waals surface area contributed by atoms with Crippen LogP contribution in [0.25, 0.3) is 0 Å². The predicted octanol–water partition coefficient (Wildman–Crippen LogP) is 5.71. The average molecular weight is 426 g/mol. The molecule has 6 nitrogen and oxygen atoms in total. The molecule has 1 amide bonds. The minimum absolute atomic E-state index is 0.236.